The van der Waals surface area contributed by atoms with Crippen molar-refractivity contribution in [3.05, 3.63) is 42.0 Å². The summed E-state index contributed by atoms with van der Waals surface area (Å²) in [5, 5.41) is 0. The molecular weight excluding hydrogens is 278 g/mol. The van der Waals surface area contributed by atoms with Gasteiger partial charge in [-0.2, -0.15) is 0 Å². The summed E-state index contributed by atoms with van der Waals surface area (Å²) >= 11 is 0. The zero-order valence-electron chi connectivity index (χ0n) is 13.1. The summed E-state index contributed by atoms with van der Waals surface area (Å²) in [7, 11) is 0. The second-order valence-electron chi connectivity index (χ2n) is 5.64. The standard InChI is InChI=1S/C16H21N5O/c1-3-15-18-8-10-21(15)13-5-4-9-20(11-13)16(22)14-6-7-17-12(2)19-14/h6-8,10,13H,3-5,9,11H2,1-2H3/t13-/m1/s1. The lowest BCUT2D eigenvalue weighted by molar-refractivity contribution is 0.0671. The van der Waals surface area contributed by atoms with Crippen LogP contribution in [-0.4, -0.2) is 43.4 Å². The molecule has 0 aliphatic carbocycles. The molecule has 0 unspecified atom stereocenters. The average molecular weight is 299 g/mol. The smallest absolute Gasteiger partial charge is 0.272 e. The van der Waals surface area contributed by atoms with E-state index in [-0.39, 0.29) is 5.91 Å². The third-order valence-electron chi connectivity index (χ3n) is 4.14. The molecule has 1 saturated heterocycles. The van der Waals surface area contributed by atoms with Gasteiger partial charge in [-0.25, -0.2) is 15.0 Å². The van der Waals surface area contributed by atoms with Crippen molar-refractivity contribution in [1.82, 2.24) is 24.4 Å². The van der Waals surface area contributed by atoms with Crippen LogP contribution in [0.3, 0.4) is 0 Å². The molecule has 1 aliphatic rings. The van der Waals surface area contributed by atoms with Crippen LogP contribution in [0.15, 0.2) is 24.7 Å². The molecule has 1 atom stereocenters. The van der Waals surface area contributed by atoms with Crippen molar-refractivity contribution in [3.63, 3.8) is 0 Å². The number of aromatic nitrogens is 4. The summed E-state index contributed by atoms with van der Waals surface area (Å²) in [6.07, 6.45) is 8.49. The zero-order chi connectivity index (χ0) is 15.5. The van der Waals surface area contributed by atoms with Crippen LogP contribution in [0.4, 0.5) is 0 Å². The van der Waals surface area contributed by atoms with Crippen molar-refractivity contribution >= 4 is 5.91 Å². The molecule has 116 valence electrons. The predicted octanol–water partition coefficient (Wildman–Crippen LogP) is 2.02. The molecule has 3 heterocycles. The summed E-state index contributed by atoms with van der Waals surface area (Å²) in [4.78, 5) is 27.2. The first-order valence-electron chi connectivity index (χ1n) is 7.79. The predicted molar refractivity (Wildman–Crippen MR) is 82.5 cm³/mol. The Balaban J connectivity index is 1.77. The van der Waals surface area contributed by atoms with E-state index in [0.717, 1.165) is 31.6 Å². The Bertz CT molecular complexity index is 666. The number of aryl methyl sites for hydroxylation is 2. The maximum absolute atomic E-state index is 12.6. The minimum absolute atomic E-state index is 0.00614. The van der Waals surface area contributed by atoms with E-state index in [1.807, 2.05) is 17.3 Å². The first-order chi connectivity index (χ1) is 10.7. The van der Waals surface area contributed by atoms with Gasteiger partial charge in [-0.1, -0.05) is 6.92 Å². The zero-order valence-corrected chi connectivity index (χ0v) is 13.1. The highest BCUT2D eigenvalue weighted by atomic mass is 16.2. The third kappa shape index (κ3) is 2.86. The Morgan fingerprint density at radius 3 is 3.00 bits per heavy atom. The Morgan fingerprint density at radius 1 is 1.36 bits per heavy atom. The quantitative estimate of drug-likeness (QED) is 0.870. The van der Waals surface area contributed by atoms with E-state index in [9.17, 15) is 4.79 Å². The molecule has 0 bridgehead atoms. The molecule has 0 aromatic carbocycles. The molecule has 3 rings (SSSR count). The number of nitrogens with zero attached hydrogens (tertiary/aromatic N) is 5. The number of imidazole rings is 1. The van der Waals surface area contributed by atoms with Crippen LogP contribution in [0.25, 0.3) is 0 Å². The van der Waals surface area contributed by atoms with Crippen LogP contribution in [0, 0.1) is 6.92 Å². The number of likely N-dealkylation sites (tertiary alicyclic amines) is 1. The van der Waals surface area contributed by atoms with E-state index in [1.165, 1.54) is 0 Å². The van der Waals surface area contributed by atoms with Gasteiger partial charge in [-0.15, -0.1) is 0 Å². The fourth-order valence-corrected chi connectivity index (χ4v) is 3.05. The number of rotatable bonds is 3. The average Bonchev–Trinajstić information content (AvgIpc) is 3.03. The highest BCUT2D eigenvalue weighted by molar-refractivity contribution is 5.92. The highest BCUT2D eigenvalue weighted by Gasteiger charge is 2.27. The molecule has 0 N–H and O–H groups in total. The molecule has 2 aromatic heterocycles. The number of hydrogen-bond acceptors (Lipinski definition) is 4. The number of carbonyl (C=O) groups excluding carboxylic acids is 1. The lowest BCUT2D eigenvalue weighted by Gasteiger charge is -2.34. The van der Waals surface area contributed by atoms with Gasteiger partial charge in [0.2, 0.25) is 0 Å². The van der Waals surface area contributed by atoms with E-state index >= 15 is 0 Å². The summed E-state index contributed by atoms with van der Waals surface area (Å²) < 4.78 is 2.21. The molecule has 1 aliphatic heterocycles. The van der Waals surface area contributed by atoms with Gasteiger partial charge in [0.05, 0.1) is 6.04 Å². The van der Waals surface area contributed by atoms with E-state index in [2.05, 4.69) is 26.4 Å². The Labute approximate surface area is 130 Å². The molecule has 22 heavy (non-hydrogen) atoms. The fraction of sp³-hybridized carbons (Fsp3) is 0.500. The second-order valence-corrected chi connectivity index (χ2v) is 5.64. The summed E-state index contributed by atoms with van der Waals surface area (Å²) in [6.45, 7) is 5.41. The first-order valence-corrected chi connectivity index (χ1v) is 7.79. The lowest BCUT2D eigenvalue weighted by Crippen LogP contribution is -2.41. The molecule has 0 spiro atoms. The van der Waals surface area contributed by atoms with Gasteiger partial charge < -0.3 is 9.47 Å². The van der Waals surface area contributed by atoms with E-state index in [4.69, 9.17) is 0 Å². The topological polar surface area (TPSA) is 63.9 Å². The summed E-state index contributed by atoms with van der Waals surface area (Å²) in [6, 6.07) is 1.99. The Hall–Kier alpha value is -2.24. The molecular formula is C16H21N5O. The molecule has 0 radical (unpaired) electrons. The summed E-state index contributed by atoms with van der Waals surface area (Å²) in [5.74, 6) is 1.70. The second kappa shape index (κ2) is 6.25. The third-order valence-corrected chi connectivity index (χ3v) is 4.14. The van der Waals surface area contributed by atoms with Crippen LogP contribution in [0.5, 0.6) is 0 Å². The summed E-state index contributed by atoms with van der Waals surface area (Å²) in [5.41, 5.74) is 0.481. The highest BCUT2D eigenvalue weighted by Crippen LogP contribution is 2.24. The maximum Gasteiger partial charge on any atom is 0.272 e. The van der Waals surface area contributed by atoms with Gasteiger partial charge in [0, 0.05) is 38.1 Å². The van der Waals surface area contributed by atoms with Crippen molar-refractivity contribution in [2.24, 2.45) is 0 Å². The molecule has 2 aromatic rings. The molecule has 6 nitrogen and oxygen atoms in total. The maximum atomic E-state index is 12.6. The monoisotopic (exact) mass is 299 g/mol. The van der Waals surface area contributed by atoms with Crippen molar-refractivity contribution in [2.45, 2.75) is 39.2 Å². The van der Waals surface area contributed by atoms with Gasteiger partial charge in [0.25, 0.3) is 5.91 Å². The minimum Gasteiger partial charge on any atom is -0.335 e. The molecule has 1 fully saturated rings. The van der Waals surface area contributed by atoms with Crippen LogP contribution in [0.1, 0.15) is 47.9 Å². The number of amides is 1. The first kappa shape index (κ1) is 14.7. The van der Waals surface area contributed by atoms with Crippen molar-refractivity contribution in [1.29, 1.82) is 0 Å². The number of carbonyl (C=O) groups is 1. The molecule has 6 heteroatoms. The Morgan fingerprint density at radius 2 is 2.23 bits per heavy atom. The lowest BCUT2D eigenvalue weighted by atomic mass is 10.0. The SMILES string of the molecule is CCc1nccn1[C@@H]1CCCN(C(=O)c2ccnc(C)n2)C1. The number of piperidine rings is 1. The van der Waals surface area contributed by atoms with Crippen LogP contribution in [-0.2, 0) is 6.42 Å². The number of hydrogen-bond donors (Lipinski definition) is 0. The normalized spacial score (nSPS) is 18.5. The van der Waals surface area contributed by atoms with Gasteiger partial charge in [0.1, 0.15) is 17.3 Å². The Kier molecular flexibility index (Phi) is 4.18. The van der Waals surface area contributed by atoms with Crippen LogP contribution in [0.2, 0.25) is 0 Å². The van der Waals surface area contributed by atoms with Crippen LogP contribution < -0.4 is 0 Å². The minimum atomic E-state index is -0.00614. The van der Waals surface area contributed by atoms with E-state index < -0.39 is 0 Å². The largest absolute Gasteiger partial charge is 0.335 e. The van der Waals surface area contributed by atoms with Gasteiger partial charge in [-0.3, -0.25) is 4.79 Å². The van der Waals surface area contributed by atoms with E-state index in [0.29, 0.717) is 24.1 Å². The van der Waals surface area contributed by atoms with Crippen molar-refractivity contribution in [2.75, 3.05) is 13.1 Å². The van der Waals surface area contributed by atoms with Gasteiger partial charge in [0.15, 0.2) is 0 Å². The van der Waals surface area contributed by atoms with Gasteiger partial charge in [-0.05, 0) is 25.8 Å². The van der Waals surface area contributed by atoms with Gasteiger partial charge >= 0.3 is 0 Å². The van der Waals surface area contributed by atoms with Crippen LogP contribution >= 0.6 is 0 Å². The van der Waals surface area contributed by atoms with Crippen molar-refractivity contribution in [3.8, 4) is 0 Å². The van der Waals surface area contributed by atoms with Crippen molar-refractivity contribution < 1.29 is 4.79 Å². The van der Waals surface area contributed by atoms with E-state index in [1.54, 1.807) is 19.2 Å². The fourth-order valence-electron chi connectivity index (χ4n) is 3.05. The molecule has 0 saturated carbocycles. The molecule has 1 amide bonds.